The molecule has 0 saturated heterocycles. The van der Waals surface area contributed by atoms with Crippen molar-refractivity contribution < 1.29 is 23.2 Å². The van der Waals surface area contributed by atoms with Crippen LogP contribution in [0.25, 0.3) is 0 Å². The van der Waals surface area contributed by atoms with Crippen LogP contribution in [0, 0.1) is 0 Å². The number of sulfone groups is 1. The molecule has 9 heteroatoms. The molecule has 1 aliphatic heterocycles. The summed E-state index contributed by atoms with van der Waals surface area (Å²) in [5.41, 5.74) is 1.51. The van der Waals surface area contributed by atoms with Crippen molar-refractivity contribution in [3.63, 3.8) is 0 Å². The van der Waals surface area contributed by atoms with Crippen LogP contribution in [0.3, 0.4) is 0 Å². The van der Waals surface area contributed by atoms with Crippen LogP contribution in [-0.2, 0) is 9.84 Å². The van der Waals surface area contributed by atoms with Gasteiger partial charge in [-0.2, -0.15) is 0 Å². The molecule has 1 aliphatic rings. The molecule has 0 bridgehead atoms. The monoisotopic (exact) mass is 370 g/mol. The van der Waals surface area contributed by atoms with E-state index in [1.54, 1.807) is 25.3 Å². The Kier molecular flexibility index (Phi) is 5.26. The number of methoxy groups -OCH3 is 1. The first-order valence-corrected chi connectivity index (χ1v) is 9.28. The van der Waals surface area contributed by atoms with Gasteiger partial charge in [0.05, 0.1) is 16.9 Å². The highest BCUT2D eigenvalue weighted by Crippen LogP contribution is 2.38. The highest BCUT2D eigenvalue weighted by Gasteiger charge is 2.40. The second kappa shape index (κ2) is 6.88. The van der Waals surface area contributed by atoms with Gasteiger partial charge in [-0.15, -0.1) is 11.8 Å². The summed E-state index contributed by atoms with van der Waals surface area (Å²) in [4.78, 5) is 12.2. The molecule has 2 N–H and O–H groups in total. The Morgan fingerprint density at radius 2 is 1.92 bits per heavy atom. The third kappa shape index (κ3) is 3.42. The molecule has 0 atom stereocenters. The molecule has 0 fully saturated rings. The Morgan fingerprint density at radius 3 is 2.46 bits per heavy atom. The maximum Gasteiger partial charge on any atom is 0.347 e. The molecule has 130 valence electrons. The molecule has 0 saturated carbocycles. The number of amides is 2. The van der Waals surface area contributed by atoms with Crippen LogP contribution < -0.4 is 10.2 Å². The number of nitrogens with one attached hydrogen (secondary N) is 1. The van der Waals surface area contributed by atoms with Crippen LogP contribution in [0.4, 0.5) is 4.79 Å². The van der Waals surface area contributed by atoms with E-state index in [1.165, 1.54) is 54.7 Å². The Balaban J connectivity index is 2.57. The topological polar surface area (TPSA) is 95.9 Å². The maximum atomic E-state index is 13.0. The lowest BCUT2D eigenvalue weighted by atomic mass is 10.3. The van der Waals surface area contributed by atoms with Crippen molar-refractivity contribution in [3.8, 4) is 5.75 Å². The quantitative estimate of drug-likeness (QED) is 0.627. The van der Waals surface area contributed by atoms with Crippen LogP contribution in [0.1, 0.15) is 13.8 Å². The zero-order valence-corrected chi connectivity index (χ0v) is 15.0. The van der Waals surface area contributed by atoms with Crippen LogP contribution in [0.2, 0.25) is 0 Å². The van der Waals surface area contributed by atoms with Gasteiger partial charge in [-0.05, 0) is 49.6 Å². The van der Waals surface area contributed by atoms with Crippen molar-refractivity contribution in [3.05, 3.63) is 46.9 Å². The van der Waals surface area contributed by atoms with Gasteiger partial charge in [0.2, 0.25) is 9.84 Å². The largest absolute Gasteiger partial charge is 0.497 e. The predicted molar refractivity (Wildman–Crippen MR) is 91.2 cm³/mol. The maximum absolute atomic E-state index is 13.0. The summed E-state index contributed by atoms with van der Waals surface area (Å²) < 4.78 is 31.0. The Morgan fingerprint density at radius 1 is 1.29 bits per heavy atom. The summed E-state index contributed by atoms with van der Waals surface area (Å²) in [7, 11) is -2.51. The van der Waals surface area contributed by atoms with Gasteiger partial charge in [-0.25, -0.2) is 18.7 Å². The number of hydrogen-bond acceptors (Lipinski definition) is 6. The first-order chi connectivity index (χ1) is 11.2. The first kappa shape index (κ1) is 18.4. The van der Waals surface area contributed by atoms with Gasteiger partial charge in [0.15, 0.2) is 0 Å². The van der Waals surface area contributed by atoms with E-state index in [-0.39, 0.29) is 9.92 Å². The Hall–Kier alpha value is -1.97. The summed E-state index contributed by atoms with van der Waals surface area (Å²) in [6.07, 6.45) is 2.88. The normalized spacial score (nSPS) is 17.0. The van der Waals surface area contributed by atoms with Gasteiger partial charge in [0.1, 0.15) is 10.8 Å². The standard InChI is InChI=1S/C15H18N2O5S2/c1-15(2)17(14(18)16-19)13(5-4-10-23-15)24(20,21)12-8-6-11(22-3)7-9-12/h4-10,19H,1-3H3,(H,16,18). The third-order valence-electron chi connectivity index (χ3n) is 3.38. The average molecular weight is 370 g/mol. The van der Waals surface area contributed by atoms with Crippen molar-refractivity contribution in [1.82, 2.24) is 10.4 Å². The van der Waals surface area contributed by atoms with Crippen LogP contribution in [-0.4, -0.2) is 36.5 Å². The summed E-state index contributed by atoms with van der Waals surface area (Å²) in [5, 5.41) is 10.5. The second-order valence-corrected chi connectivity index (χ2v) is 8.73. The molecule has 0 unspecified atom stereocenters. The Bertz CT molecular complexity index is 783. The lowest BCUT2D eigenvalue weighted by molar-refractivity contribution is 0.129. The van der Waals surface area contributed by atoms with Crippen molar-refractivity contribution in [2.24, 2.45) is 0 Å². The van der Waals surface area contributed by atoms with Crippen LogP contribution in [0.5, 0.6) is 5.75 Å². The minimum Gasteiger partial charge on any atom is -0.497 e. The summed E-state index contributed by atoms with van der Waals surface area (Å²) in [6.45, 7) is 3.36. The summed E-state index contributed by atoms with van der Waals surface area (Å²) in [6, 6.07) is 4.92. The number of rotatable bonds is 3. The van der Waals surface area contributed by atoms with E-state index >= 15 is 0 Å². The van der Waals surface area contributed by atoms with E-state index in [4.69, 9.17) is 9.94 Å². The molecule has 24 heavy (non-hydrogen) atoms. The zero-order chi connectivity index (χ0) is 18.0. The molecule has 0 spiro atoms. The van der Waals surface area contributed by atoms with Crippen molar-refractivity contribution in [2.75, 3.05) is 7.11 Å². The first-order valence-electron chi connectivity index (χ1n) is 6.92. The summed E-state index contributed by atoms with van der Waals surface area (Å²) in [5.74, 6) is 0.518. The molecule has 0 aromatic heterocycles. The zero-order valence-electron chi connectivity index (χ0n) is 13.4. The van der Waals surface area contributed by atoms with Crippen molar-refractivity contribution >= 4 is 27.6 Å². The van der Waals surface area contributed by atoms with Gasteiger partial charge >= 0.3 is 6.03 Å². The minimum absolute atomic E-state index is 0.0152. The number of benzene rings is 1. The molecule has 7 nitrogen and oxygen atoms in total. The van der Waals surface area contributed by atoms with Gasteiger partial charge in [0.25, 0.3) is 0 Å². The molecule has 0 aliphatic carbocycles. The van der Waals surface area contributed by atoms with E-state index in [0.29, 0.717) is 5.75 Å². The van der Waals surface area contributed by atoms with E-state index in [2.05, 4.69) is 0 Å². The second-order valence-electron chi connectivity index (χ2n) is 5.33. The lowest BCUT2D eigenvalue weighted by Crippen LogP contribution is -2.49. The number of thioether (sulfide) groups is 1. The highest BCUT2D eigenvalue weighted by atomic mass is 32.2. The van der Waals surface area contributed by atoms with Crippen molar-refractivity contribution in [1.29, 1.82) is 0 Å². The molecule has 2 amide bonds. The number of urea groups is 1. The van der Waals surface area contributed by atoms with Gasteiger partial charge < -0.3 is 4.74 Å². The fourth-order valence-electron chi connectivity index (χ4n) is 2.20. The average Bonchev–Trinajstić information content (AvgIpc) is 2.72. The number of carbonyl (C=O) groups is 1. The number of nitrogens with zero attached hydrogens (tertiary/aromatic N) is 1. The van der Waals surface area contributed by atoms with E-state index in [1.807, 2.05) is 0 Å². The fourth-order valence-corrected chi connectivity index (χ4v) is 4.58. The highest BCUT2D eigenvalue weighted by molar-refractivity contribution is 8.03. The molecule has 1 aromatic carbocycles. The number of hydrogen-bond donors (Lipinski definition) is 2. The third-order valence-corrected chi connectivity index (χ3v) is 6.19. The van der Waals surface area contributed by atoms with E-state index in [9.17, 15) is 13.2 Å². The molecule has 0 radical (unpaired) electrons. The number of ether oxygens (including phenoxy) is 1. The van der Waals surface area contributed by atoms with Crippen molar-refractivity contribution in [2.45, 2.75) is 23.6 Å². The van der Waals surface area contributed by atoms with Crippen LogP contribution >= 0.6 is 11.8 Å². The molecular formula is C15H18N2O5S2. The van der Waals surface area contributed by atoms with Crippen LogP contribution in [0.15, 0.2) is 51.8 Å². The summed E-state index contributed by atoms with van der Waals surface area (Å²) >= 11 is 1.25. The van der Waals surface area contributed by atoms with E-state index < -0.39 is 20.7 Å². The van der Waals surface area contributed by atoms with Gasteiger partial charge in [-0.3, -0.25) is 10.1 Å². The lowest BCUT2D eigenvalue weighted by Gasteiger charge is -2.36. The Labute approximate surface area is 144 Å². The SMILES string of the molecule is COc1ccc(S(=O)(=O)C2=CC=CSC(C)(C)N2C(=O)NO)cc1. The smallest absolute Gasteiger partial charge is 0.347 e. The fraction of sp³-hybridized carbons (Fsp3) is 0.267. The van der Waals surface area contributed by atoms with E-state index in [0.717, 1.165) is 4.90 Å². The molecule has 1 heterocycles. The van der Waals surface area contributed by atoms with Gasteiger partial charge in [-0.1, -0.05) is 6.08 Å². The molecular weight excluding hydrogens is 352 g/mol. The number of carbonyl (C=O) groups excluding carboxylic acids is 1. The molecule has 2 rings (SSSR count). The number of allylic oxidation sites excluding steroid dienone is 2. The molecule has 1 aromatic rings. The predicted octanol–water partition coefficient (Wildman–Crippen LogP) is 2.71. The minimum atomic E-state index is -3.99. The van der Waals surface area contributed by atoms with Gasteiger partial charge in [0, 0.05) is 0 Å². The number of hydroxylamine groups is 1.